The first-order valence-electron chi connectivity index (χ1n) is 8.61. The lowest BCUT2D eigenvalue weighted by Crippen LogP contribution is -2.48. The molecule has 3 atom stereocenters. The number of piperidine rings is 1. The van der Waals surface area contributed by atoms with Crippen LogP contribution in [0.4, 0.5) is 13.2 Å². The molecule has 0 amide bonds. The van der Waals surface area contributed by atoms with Gasteiger partial charge in [0.1, 0.15) is 0 Å². The highest BCUT2D eigenvalue weighted by Crippen LogP contribution is 2.37. The minimum absolute atomic E-state index is 0.143. The van der Waals surface area contributed by atoms with Gasteiger partial charge in [-0.2, -0.15) is 13.2 Å². The molecule has 2 N–H and O–H groups in total. The van der Waals surface area contributed by atoms with Gasteiger partial charge >= 0.3 is 6.18 Å². The molecule has 1 aliphatic carbocycles. The molecule has 1 aliphatic heterocycles. The van der Waals surface area contributed by atoms with Crippen LogP contribution in [-0.2, 0) is 0 Å². The highest BCUT2D eigenvalue weighted by atomic mass is 19.4. The minimum Gasteiger partial charge on any atom is -0.356 e. The molecular weight excluding hydrogens is 305 g/mol. The van der Waals surface area contributed by atoms with Crippen molar-refractivity contribution in [3.63, 3.8) is 0 Å². The Morgan fingerprint density at radius 2 is 2.00 bits per heavy atom. The summed E-state index contributed by atoms with van der Waals surface area (Å²) in [5.41, 5.74) is 0. The van der Waals surface area contributed by atoms with Gasteiger partial charge in [0.05, 0.1) is 5.92 Å². The topological polar surface area (TPSA) is 39.7 Å². The molecule has 0 aromatic heterocycles. The lowest BCUT2D eigenvalue weighted by atomic mass is 9.85. The van der Waals surface area contributed by atoms with Crippen LogP contribution in [0.5, 0.6) is 0 Å². The third kappa shape index (κ3) is 5.86. The average Bonchev–Trinajstić information content (AvgIpc) is 2.51. The highest BCUT2D eigenvalue weighted by Gasteiger charge is 2.42. The number of hydrogen-bond acceptors (Lipinski definition) is 2. The molecule has 4 nitrogen and oxygen atoms in total. The molecule has 0 aromatic carbocycles. The first kappa shape index (κ1) is 18.4. The summed E-state index contributed by atoms with van der Waals surface area (Å²) < 4.78 is 38.6. The number of halogens is 3. The van der Waals surface area contributed by atoms with E-state index in [1.807, 2.05) is 0 Å². The predicted octanol–water partition coefficient (Wildman–Crippen LogP) is 2.61. The zero-order chi connectivity index (χ0) is 16.9. The Morgan fingerprint density at radius 3 is 2.65 bits per heavy atom. The smallest absolute Gasteiger partial charge is 0.356 e. The second-order valence-corrected chi connectivity index (χ2v) is 6.97. The Balaban J connectivity index is 1.78. The molecule has 3 unspecified atom stereocenters. The van der Waals surface area contributed by atoms with E-state index in [9.17, 15) is 13.2 Å². The minimum atomic E-state index is -4.08. The van der Waals surface area contributed by atoms with Gasteiger partial charge < -0.3 is 15.5 Å². The Labute approximate surface area is 136 Å². The van der Waals surface area contributed by atoms with Crippen molar-refractivity contribution in [2.24, 2.45) is 16.8 Å². The summed E-state index contributed by atoms with van der Waals surface area (Å²) in [5.74, 6) is 0.0199. The van der Waals surface area contributed by atoms with Crippen LogP contribution in [0.25, 0.3) is 0 Å². The Hall–Kier alpha value is -0.980. The van der Waals surface area contributed by atoms with Crippen molar-refractivity contribution in [2.75, 3.05) is 33.7 Å². The average molecular weight is 334 g/mol. The summed E-state index contributed by atoms with van der Waals surface area (Å²) in [6.07, 6.45) is 0.104. The molecule has 7 heteroatoms. The third-order valence-electron chi connectivity index (χ3n) is 4.98. The van der Waals surface area contributed by atoms with Gasteiger partial charge in [-0.25, -0.2) is 0 Å². The van der Waals surface area contributed by atoms with Crippen LogP contribution >= 0.6 is 0 Å². The summed E-state index contributed by atoms with van der Waals surface area (Å²) >= 11 is 0. The number of likely N-dealkylation sites (tertiary alicyclic amines) is 1. The number of nitrogens with one attached hydrogen (secondary N) is 2. The van der Waals surface area contributed by atoms with E-state index in [-0.39, 0.29) is 18.9 Å². The Kier molecular flexibility index (Phi) is 6.56. The molecule has 2 fully saturated rings. The molecule has 2 aliphatic rings. The fraction of sp³-hybridized carbons (Fsp3) is 0.938. The highest BCUT2D eigenvalue weighted by molar-refractivity contribution is 5.79. The van der Waals surface area contributed by atoms with E-state index in [4.69, 9.17) is 0 Å². The van der Waals surface area contributed by atoms with Gasteiger partial charge in [-0.3, -0.25) is 4.99 Å². The quantitative estimate of drug-likeness (QED) is 0.616. The Morgan fingerprint density at radius 1 is 1.22 bits per heavy atom. The summed E-state index contributed by atoms with van der Waals surface area (Å²) in [7, 11) is 3.80. The van der Waals surface area contributed by atoms with Gasteiger partial charge in [0.25, 0.3) is 0 Å². The van der Waals surface area contributed by atoms with Gasteiger partial charge in [-0.05, 0) is 51.6 Å². The van der Waals surface area contributed by atoms with Gasteiger partial charge in [-0.1, -0.05) is 6.42 Å². The van der Waals surface area contributed by atoms with Gasteiger partial charge in [0.15, 0.2) is 5.96 Å². The second kappa shape index (κ2) is 8.22. The molecule has 1 saturated heterocycles. The number of hydrogen-bond donors (Lipinski definition) is 2. The summed E-state index contributed by atoms with van der Waals surface area (Å²) in [4.78, 5) is 6.49. The monoisotopic (exact) mass is 334 g/mol. The lowest BCUT2D eigenvalue weighted by Gasteiger charge is -2.33. The van der Waals surface area contributed by atoms with Crippen molar-refractivity contribution < 1.29 is 13.2 Å². The van der Waals surface area contributed by atoms with Crippen molar-refractivity contribution in [3.8, 4) is 0 Å². The maximum Gasteiger partial charge on any atom is 0.391 e. The van der Waals surface area contributed by atoms with Crippen LogP contribution in [0.3, 0.4) is 0 Å². The van der Waals surface area contributed by atoms with Crippen molar-refractivity contribution in [1.29, 1.82) is 0 Å². The van der Waals surface area contributed by atoms with Crippen LogP contribution in [0.1, 0.15) is 38.5 Å². The molecule has 23 heavy (non-hydrogen) atoms. The number of aliphatic imine (C=N–C) groups is 1. The zero-order valence-electron chi connectivity index (χ0n) is 14.1. The van der Waals surface area contributed by atoms with Crippen molar-refractivity contribution in [1.82, 2.24) is 15.5 Å². The third-order valence-corrected chi connectivity index (χ3v) is 4.98. The molecule has 1 heterocycles. The molecule has 0 radical (unpaired) electrons. The molecule has 0 aromatic rings. The number of alkyl halides is 3. The lowest BCUT2D eigenvalue weighted by molar-refractivity contribution is -0.183. The van der Waals surface area contributed by atoms with Gasteiger partial charge in [-0.15, -0.1) is 0 Å². The van der Waals surface area contributed by atoms with Gasteiger partial charge in [0, 0.05) is 26.2 Å². The molecule has 1 saturated carbocycles. The van der Waals surface area contributed by atoms with Crippen LogP contribution in [-0.4, -0.2) is 56.8 Å². The summed E-state index contributed by atoms with van der Waals surface area (Å²) in [5, 5.41) is 6.48. The fourth-order valence-corrected chi connectivity index (χ4v) is 3.69. The van der Waals surface area contributed by atoms with Crippen molar-refractivity contribution in [2.45, 2.75) is 50.7 Å². The summed E-state index contributed by atoms with van der Waals surface area (Å²) in [6.45, 7) is 3.02. The van der Waals surface area contributed by atoms with E-state index >= 15 is 0 Å². The molecular formula is C16H29F3N4. The second-order valence-electron chi connectivity index (χ2n) is 6.97. The first-order valence-corrected chi connectivity index (χ1v) is 8.61. The van der Waals surface area contributed by atoms with Crippen LogP contribution in [0.2, 0.25) is 0 Å². The normalized spacial score (nSPS) is 31.0. The van der Waals surface area contributed by atoms with Crippen LogP contribution < -0.4 is 10.6 Å². The number of rotatable bonds is 3. The van der Waals surface area contributed by atoms with E-state index in [0.717, 1.165) is 26.1 Å². The Bertz CT molecular complexity index is 397. The molecule has 0 spiro atoms. The summed E-state index contributed by atoms with van der Waals surface area (Å²) in [6, 6.07) is -0.143. The number of nitrogens with zero attached hydrogens (tertiary/aromatic N) is 2. The van der Waals surface area contributed by atoms with E-state index in [1.165, 1.54) is 12.8 Å². The molecule has 2 rings (SSSR count). The van der Waals surface area contributed by atoms with Gasteiger partial charge in [0.2, 0.25) is 0 Å². The van der Waals surface area contributed by atoms with E-state index < -0.39 is 12.1 Å². The zero-order valence-corrected chi connectivity index (χ0v) is 14.1. The fourth-order valence-electron chi connectivity index (χ4n) is 3.69. The first-order chi connectivity index (χ1) is 10.9. The molecule has 134 valence electrons. The SMILES string of the molecule is CN=C(NCC1CCCN(C)C1)NC1CCCC(C(F)(F)F)C1. The maximum absolute atomic E-state index is 12.9. The predicted molar refractivity (Wildman–Crippen MR) is 86.5 cm³/mol. The standard InChI is InChI=1S/C16H29F3N4/c1-20-15(21-10-12-5-4-8-23(2)11-12)22-14-7-3-6-13(9-14)16(17,18)19/h12-14H,3-11H2,1-2H3,(H2,20,21,22). The van der Waals surface area contributed by atoms with Crippen LogP contribution in [0.15, 0.2) is 4.99 Å². The molecule has 0 bridgehead atoms. The van der Waals surface area contributed by atoms with Crippen molar-refractivity contribution in [3.05, 3.63) is 0 Å². The van der Waals surface area contributed by atoms with E-state index in [1.54, 1.807) is 7.05 Å². The van der Waals surface area contributed by atoms with Crippen molar-refractivity contribution >= 4 is 5.96 Å². The maximum atomic E-state index is 12.9. The van der Waals surface area contributed by atoms with E-state index in [0.29, 0.717) is 18.3 Å². The van der Waals surface area contributed by atoms with Crippen LogP contribution in [0, 0.1) is 11.8 Å². The van der Waals surface area contributed by atoms with E-state index in [2.05, 4.69) is 27.6 Å². The number of guanidine groups is 1. The largest absolute Gasteiger partial charge is 0.391 e.